The number of carbonyl (C=O) groups is 3. The van der Waals surface area contributed by atoms with Crippen LogP contribution in [0.25, 0.3) is 5.76 Å². The number of benzene rings is 2. The van der Waals surface area contributed by atoms with Gasteiger partial charge in [0.2, 0.25) is 0 Å². The van der Waals surface area contributed by atoms with Crippen molar-refractivity contribution in [1.82, 2.24) is 4.98 Å². The summed E-state index contributed by atoms with van der Waals surface area (Å²) in [4.78, 5) is 44.3. The van der Waals surface area contributed by atoms with Crippen LogP contribution in [-0.2, 0) is 20.7 Å². The van der Waals surface area contributed by atoms with Gasteiger partial charge in [-0.15, -0.1) is 0 Å². The summed E-state index contributed by atoms with van der Waals surface area (Å²) in [6, 6.07) is 10.3. The van der Waals surface area contributed by atoms with E-state index in [0.717, 1.165) is 29.4 Å². The Hall–Kier alpha value is -3.85. The Balaban J connectivity index is 1.94. The van der Waals surface area contributed by atoms with Gasteiger partial charge in [-0.25, -0.2) is 14.2 Å². The maximum Gasteiger partial charge on any atom is 0.350 e. The number of thiazole rings is 1. The second-order valence-corrected chi connectivity index (χ2v) is 9.11. The molecule has 1 amide bonds. The molecule has 4 rings (SSSR count). The van der Waals surface area contributed by atoms with Crippen LogP contribution in [0.4, 0.5) is 9.52 Å². The first-order valence-electron chi connectivity index (χ1n) is 10.9. The number of methoxy groups -OCH3 is 1. The Kier molecular flexibility index (Phi) is 6.53. The van der Waals surface area contributed by atoms with Crippen molar-refractivity contribution >= 4 is 39.9 Å². The number of aromatic nitrogens is 1. The van der Waals surface area contributed by atoms with Crippen LogP contribution in [0, 0.1) is 19.7 Å². The highest BCUT2D eigenvalue weighted by molar-refractivity contribution is 7.17. The lowest BCUT2D eigenvalue weighted by Crippen LogP contribution is -2.29. The number of amides is 1. The summed E-state index contributed by atoms with van der Waals surface area (Å²) >= 11 is 0.918. The highest BCUT2D eigenvalue weighted by Gasteiger charge is 2.48. The van der Waals surface area contributed by atoms with Gasteiger partial charge >= 0.3 is 11.9 Å². The molecule has 0 bridgehead atoms. The SMILES string of the molecule is CCc1ccc([C@H]2C(=C(O)c3ccc(C)c(F)c3)C(=O)C(=O)N2c2nc(C)c(C(=O)OC)s2)cc1. The number of aliphatic hydroxyl groups is 1. The summed E-state index contributed by atoms with van der Waals surface area (Å²) in [6.07, 6.45) is 0.789. The van der Waals surface area contributed by atoms with E-state index < -0.39 is 35.3 Å². The molecule has 1 atom stereocenters. The first kappa shape index (κ1) is 24.3. The molecule has 2 heterocycles. The number of nitrogens with zero attached hydrogens (tertiary/aromatic N) is 2. The summed E-state index contributed by atoms with van der Waals surface area (Å²) in [5.74, 6) is -3.49. The molecular formula is C26H23FN2O5S. The zero-order chi connectivity index (χ0) is 25.4. The Bertz CT molecular complexity index is 1380. The van der Waals surface area contributed by atoms with Crippen LogP contribution in [-0.4, -0.2) is 34.9 Å². The smallest absolute Gasteiger partial charge is 0.350 e. The van der Waals surface area contributed by atoms with Gasteiger partial charge in [0.05, 0.1) is 24.4 Å². The fourth-order valence-electron chi connectivity index (χ4n) is 3.94. The Morgan fingerprint density at radius 3 is 2.46 bits per heavy atom. The molecule has 35 heavy (non-hydrogen) atoms. The number of carbonyl (C=O) groups excluding carboxylic acids is 3. The number of aliphatic hydroxyl groups excluding tert-OH is 1. The predicted octanol–water partition coefficient (Wildman–Crippen LogP) is 4.87. The van der Waals surface area contributed by atoms with Gasteiger partial charge in [0, 0.05) is 5.56 Å². The number of halogens is 1. The van der Waals surface area contributed by atoms with Crippen molar-refractivity contribution in [2.24, 2.45) is 0 Å². The molecule has 1 aromatic heterocycles. The highest BCUT2D eigenvalue weighted by atomic mass is 32.1. The number of aryl methyl sites for hydroxylation is 3. The standard InChI is InChI=1S/C26H23FN2O5S/c1-5-15-7-10-16(11-8-15)20-19(21(30)17-9-6-13(2)18(27)12-17)22(31)24(32)29(20)26-28-14(3)23(35-26)25(33)34-4/h6-12,20,30H,5H2,1-4H3/t20-/m0/s1. The van der Waals surface area contributed by atoms with Gasteiger partial charge in [-0.3, -0.25) is 14.5 Å². The summed E-state index contributed by atoms with van der Waals surface area (Å²) in [7, 11) is 1.24. The van der Waals surface area contributed by atoms with E-state index in [2.05, 4.69) is 4.98 Å². The average molecular weight is 495 g/mol. The van der Waals surface area contributed by atoms with Crippen LogP contribution in [0.1, 0.15) is 50.6 Å². The van der Waals surface area contributed by atoms with Gasteiger partial charge < -0.3 is 9.84 Å². The van der Waals surface area contributed by atoms with E-state index in [4.69, 9.17) is 4.74 Å². The molecule has 2 aromatic carbocycles. The van der Waals surface area contributed by atoms with E-state index in [0.29, 0.717) is 16.8 Å². The minimum atomic E-state index is -1.03. The topological polar surface area (TPSA) is 96.8 Å². The molecule has 180 valence electrons. The fraction of sp³-hybridized carbons (Fsp3) is 0.231. The molecule has 0 unspecified atom stereocenters. The van der Waals surface area contributed by atoms with Crippen molar-refractivity contribution < 1.29 is 28.6 Å². The van der Waals surface area contributed by atoms with Crippen molar-refractivity contribution in [3.63, 3.8) is 0 Å². The maximum absolute atomic E-state index is 14.3. The molecule has 1 aliphatic rings. The van der Waals surface area contributed by atoms with Crippen molar-refractivity contribution in [2.45, 2.75) is 33.2 Å². The Morgan fingerprint density at radius 1 is 1.17 bits per heavy atom. The quantitative estimate of drug-likeness (QED) is 0.235. The average Bonchev–Trinajstić information content (AvgIpc) is 3.36. The molecule has 9 heteroatoms. The zero-order valence-corrected chi connectivity index (χ0v) is 20.4. The molecule has 1 saturated heterocycles. The van der Waals surface area contributed by atoms with Crippen LogP contribution in [0.5, 0.6) is 0 Å². The number of ketones is 1. The van der Waals surface area contributed by atoms with Crippen LogP contribution < -0.4 is 4.90 Å². The Morgan fingerprint density at radius 2 is 1.86 bits per heavy atom. The second-order valence-electron chi connectivity index (χ2n) is 8.13. The lowest BCUT2D eigenvalue weighted by atomic mass is 9.94. The molecule has 0 aliphatic carbocycles. The number of rotatable bonds is 5. The molecule has 1 fully saturated rings. The van der Waals surface area contributed by atoms with Gasteiger partial charge in [0.1, 0.15) is 16.5 Å². The minimum absolute atomic E-state index is 0.0758. The lowest BCUT2D eigenvalue weighted by Gasteiger charge is -2.23. The van der Waals surface area contributed by atoms with Crippen molar-refractivity contribution in [1.29, 1.82) is 0 Å². The first-order valence-corrected chi connectivity index (χ1v) is 11.7. The van der Waals surface area contributed by atoms with Gasteiger partial charge in [0.25, 0.3) is 5.78 Å². The number of esters is 1. The second kappa shape index (κ2) is 9.42. The van der Waals surface area contributed by atoms with Crippen molar-refractivity contribution in [2.75, 3.05) is 12.0 Å². The summed E-state index contributed by atoms with van der Waals surface area (Å²) in [5.41, 5.74) is 2.22. The maximum atomic E-state index is 14.3. The van der Waals surface area contributed by atoms with E-state index in [1.807, 2.05) is 19.1 Å². The number of Topliss-reactive ketones (excluding diaryl/α,β-unsaturated/α-hetero) is 1. The predicted molar refractivity (Wildman–Crippen MR) is 130 cm³/mol. The van der Waals surface area contributed by atoms with E-state index in [1.54, 1.807) is 26.0 Å². The van der Waals surface area contributed by atoms with Gasteiger partial charge in [-0.2, -0.15) is 0 Å². The van der Waals surface area contributed by atoms with Crippen LogP contribution in [0.2, 0.25) is 0 Å². The molecule has 1 N–H and O–H groups in total. The van der Waals surface area contributed by atoms with Gasteiger partial charge in [-0.1, -0.05) is 54.7 Å². The molecule has 7 nitrogen and oxygen atoms in total. The minimum Gasteiger partial charge on any atom is -0.507 e. The lowest BCUT2D eigenvalue weighted by molar-refractivity contribution is -0.132. The van der Waals surface area contributed by atoms with Gasteiger partial charge in [-0.05, 0) is 43.0 Å². The van der Waals surface area contributed by atoms with Gasteiger partial charge in [0.15, 0.2) is 5.13 Å². The third kappa shape index (κ3) is 4.23. The van der Waals surface area contributed by atoms with Crippen molar-refractivity contribution in [3.8, 4) is 0 Å². The van der Waals surface area contributed by atoms with Crippen molar-refractivity contribution in [3.05, 3.63) is 86.7 Å². The number of hydrogen-bond acceptors (Lipinski definition) is 7. The van der Waals surface area contributed by atoms with Crippen LogP contribution >= 0.6 is 11.3 Å². The van der Waals surface area contributed by atoms with E-state index in [9.17, 15) is 23.9 Å². The van der Waals surface area contributed by atoms with E-state index >= 15 is 0 Å². The molecular weight excluding hydrogens is 471 g/mol. The summed E-state index contributed by atoms with van der Waals surface area (Å²) in [6.45, 7) is 5.18. The summed E-state index contributed by atoms with van der Waals surface area (Å²) in [5, 5.41) is 11.2. The van der Waals surface area contributed by atoms with Crippen LogP contribution in [0.3, 0.4) is 0 Å². The highest BCUT2D eigenvalue weighted by Crippen LogP contribution is 2.44. The monoisotopic (exact) mass is 494 g/mol. The zero-order valence-electron chi connectivity index (χ0n) is 19.6. The largest absolute Gasteiger partial charge is 0.507 e. The normalized spacial score (nSPS) is 17.2. The number of hydrogen-bond donors (Lipinski definition) is 1. The molecule has 1 aliphatic heterocycles. The molecule has 0 saturated carbocycles. The Labute approximate surface area is 205 Å². The van der Waals surface area contributed by atoms with Crippen LogP contribution in [0.15, 0.2) is 48.0 Å². The third-order valence-corrected chi connectivity index (χ3v) is 7.09. The van der Waals surface area contributed by atoms with E-state index in [-0.39, 0.29) is 21.1 Å². The molecule has 0 radical (unpaired) electrons. The summed E-state index contributed by atoms with van der Waals surface area (Å²) < 4.78 is 19.0. The fourth-order valence-corrected chi connectivity index (χ4v) is 4.96. The first-order chi connectivity index (χ1) is 16.7. The third-order valence-electron chi connectivity index (χ3n) is 5.96. The number of anilines is 1. The number of ether oxygens (including phenoxy) is 1. The molecule has 0 spiro atoms. The molecule has 3 aromatic rings. The van der Waals surface area contributed by atoms with E-state index in [1.165, 1.54) is 24.1 Å².